The lowest BCUT2D eigenvalue weighted by molar-refractivity contribution is 1.15. The van der Waals surface area contributed by atoms with Gasteiger partial charge in [0.2, 0.25) is 5.95 Å². The van der Waals surface area contributed by atoms with Crippen molar-refractivity contribution in [2.45, 2.75) is 0 Å². The van der Waals surface area contributed by atoms with Crippen LogP contribution in [0.2, 0.25) is 5.02 Å². The highest BCUT2D eigenvalue weighted by molar-refractivity contribution is 6.31. The van der Waals surface area contributed by atoms with Crippen LogP contribution in [-0.2, 0) is 0 Å². The van der Waals surface area contributed by atoms with E-state index in [1.165, 1.54) is 0 Å². The SMILES string of the molecule is Clc1ccc2nc(N/N=C\c3cccnc3)nc(-c3ccccc3)c2c1. The molecule has 0 aliphatic heterocycles. The number of hydrazone groups is 1. The molecule has 0 radical (unpaired) electrons. The number of fused-ring (bicyclic) bond motifs is 1. The molecule has 0 spiro atoms. The molecular weight excluding hydrogens is 346 g/mol. The minimum atomic E-state index is 0.416. The molecule has 2 aromatic carbocycles. The second-order valence-electron chi connectivity index (χ2n) is 5.58. The van der Waals surface area contributed by atoms with Gasteiger partial charge in [-0.2, -0.15) is 5.10 Å². The predicted octanol–water partition coefficient (Wildman–Crippen LogP) is 4.79. The van der Waals surface area contributed by atoms with E-state index in [4.69, 9.17) is 11.6 Å². The molecule has 0 saturated carbocycles. The normalized spacial score (nSPS) is 11.1. The number of halogens is 1. The Kier molecular flexibility index (Phi) is 4.53. The fourth-order valence-electron chi connectivity index (χ4n) is 2.58. The van der Waals surface area contributed by atoms with Gasteiger partial charge >= 0.3 is 0 Å². The van der Waals surface area contributed by atoms with Gasteiger partial charge in [-0.25, -0.2) is 15.4 Å². The Morgan fingerprint density at radius 2 is 1.85 bits per heavy atom. The number of nitrogens with one attached hydrogen (secondary N) is 1. The van der Waals surface area contributed by atoms with Gasteiger partial charge in [-0.15, -0.1) is 0 Å². The molecule has 1 N–H and O–H groups in total. The molecule has 4 aromatic rings. The first-order valence-corrected chi connectivity index (χ1v) is 8.39. The van der Waals surface area contributed by atoms with Crippen molar-refractivity contribution in [2.75, 3.05) is 5.43 Å². The van der Waals surface area contributed by atoms with E-state index >= 15 is 0 Å². The third-order valence-electron chi connectivity index (χ3n) is 3.77. The summed E-state index contributed by atoms with van der Waals surface area (Å²) >= 11 is 6.17. The van der Waals surface area contributed by atoms with Gasteiger partial charge in [-0.05, 0) is 24.3 Å². The zero-order chi connectivity index (χ0) is 17.8. The molecule has 0 bridgehead atoms. The molecule has 2 aromatic heterocycles. The molecule has 0 aliphatic carbocycles. The van der Waals surface area contributed by atoms with Gasteiger partial charge in [0.15, 0.2) is 0 Å². The van der Waals surface area contributed by atoms with Crippen LogP contribution in [0.3, 0.4) is 0 Å². The van der Waals surface area contributed by atoms with Gasteiger partial charge in [0.05, 0.1) is 17.4 Å². The molecule has 6 heteroatoms. The summed E-state index contributed by atoms with van der Waals surface area (Å²) in [5.74, 6) is 0.416. The molecule has 26 heavy (non-hydrogen) atoms. The van der Waals surface area contributed by atoms with Crippen molar-refractivity contribution >= 4 is 34.7 Å². The van der Waals surface area contributed by atoms with Gasteiger partial charge < -0.3 is 0 Å². The fraction of sp³-hybridized carbons (Fsp3) is 0. The number of aromatic nitrogens is 3. The Balaban J connectivity index is 1.74. The predicted molar refractivity (Wildman–Crippen MR) is 105 cm³/mol. The van der Waals surface area contributed by atoms with Crippen molar-refractivity contribution in [1.82, 2.24) is 15.0 Å². The Bertz CT molecular complexity index is 1070. The van der Waals surface area contributed by atoms with Gasteiger partial charge in [0, 0.05) is 33.9 Å². The lowest BCUT2D eigenvalue weighted by atomic mass is 10.1. The number of anilines is 1. The smallest absolute Gasteiger partial charge is 0.244 e. The number of hydrogen-bond donors (Lipinski definition) is 1. The number of pyridine rings is 1. The van der Waals surface area contributed by atoms with Crippen molar-refractivity contribution in [2.24, 2.45) is 5.10 Å². The molecule has 0 fully saturated rings. The van der Waals surface area contributed by atoms with Crippen molar-refractivity contribution in [1.29, 1.82) is 0 Å². The number of nitrogens with zero attached hydrogens (tertiary/aromatic N) is 4. The average molecular weight is 360 g/mol. The fourth-order valence-corrected chi connectivity index (χ4v) is 2.76. The van der Waals surface area contributed by atoms with E-state index in [0.717, 1.165) is 27.7 Å². The van der Waals surface area contributed by atoms with Crippen LogP contribution in [0.4, 0.5) is 5.95 Å². The van der Waals surface area contributed by atoms with Gasteiger partial charge in [-0.3, -0.25) is 4.98 Å². The van der Waals surface area contributed by atoms with E-state index in [0.29, 0.717) is 11.0 Å². The third kappa shape index (κ3) is 3.53. The Labute approximate surface area is 155 Å². The van der Waals surface area contributed by atoms with E-state index in [1.807, 2.05) is 60.7 Å². The summed E-state index contributed by atoms with van der Waals surface area (Å²) in [6.07, 6.45) is 5.11. The second-order valence-corrected chi connectivity index (χ2v) is 6.02. The van der Waals surface area contributed by atoms with Crippen LogP contribution in [0.1, 0.15) is 5.56 Å². The molecule has 126 valence electrons. The van der Waals surface area contributed by atoms with Crippen LogP contribution >= 0.6 is 11.6 Å². The molecule has 5 nitrogen and oxygen atoms in total. The van der Waals surface area contributed by atoms with Crippen LogP contribution in [0.5, 0.6) is 0 Å². The summed E-state index contributed by atoms with van der Waals surface area (Å²) in [4.78, 5) is 13.2. The monoisotopic (exact) mass is 359 g/mol. The Hall–Kier alpha value is -3.31. The summed E-state index contributed by atoms with van der Waals surface area (Å²) in [7, 11) is 0. The average Bonchev–Trinajstić information content (AvgIpc) is 2.69. The quantitative estimate of drug-likeness (QED) is 0.420. The van der Waals surface area contributed by atoms with E-state index in [1.54, 1.807) is 18.6 Å². The molecule has 0 amide bonds. The van der Waals surface area contributed by atoms with Crippen LogP contribution in [0.25, 0.3) is 22.2 Å². The molecule has 4 rings (SSSR count). The summed E-state index contributed by atoms with van der Waals surface area (Å²) in [5.41, 5.74) is 6.37. The van der Waals surface area contributed by atoms with Gasteiger partial charge in [0.1, 0.15) is 0 Å². The van der Waals surface area contributed by atoms with Crippen LogP contribution in [0.15, 0.2) is 78.2 Å². The maximum Gasteiger partial charge on any atom is 0.244 e. The number of hydrogen-bond acceptors (Lipinski definition) is 5. The van der Waals surface area contributed by atoms with Crippen LogP contribution < -0.4 is 5.43 Å². The molecular formula is C20H14ClN5. The first-order valence-electron chi connectivity index (χ1n) is 8.01. The lowest BCUT2D eigenvalue weighted by Gasteiger charge is -2.09. The van der Waals surface area contributed by atoms with E-state index < -0.39 is 0 Å². The zero-order valence-corrected chi connectivity index (χ0v) is 14.4. The molecule has 0 unspecified atom stereocenters. The minimum Gasteiger partial charge on any atom is -0.264 e. The highest BCUT2D eigenvalue weighted by Crippen LogP contribution is 2.29. The molecule has 0 saturated heterocycles. The first-order chi connectivity index (χ1) is 12.8. The van der Waals surface area contributed by atoms with E-state index in [2.05, 4.69) is 25.5 Å². The van der Waals surface area contributed by atoms with Crippen LogP contribution in [-0.4, -0.2) is 21.2 Å². The third-order valence-corrected chi connectivity index (χ3v) is 4.00. The maximum absolute atomic E-state index is 6.17. The zero-order valence-electron chi connectivity index (χ0n) is 13.7. The lowest BCUT2D eigenvalue weighted by Crippen LogP contribution is -2.00. The topological polar surface area (TPSA) is 63.1 Å². The Morgan fingerprint density at radius 3 is 2.65 bits per heavy atom. The Morgan fingerprint density at radius 1 is 0.962 bits per heavy atom. The van der Waals surface area contributed by atoms with E-state index in [9.17, 15) is 0 Å². The van der Waals surface area contributed by atoms with Crippen molar-refractivity contribution in [3.8, 4) is 11.3 Å². The summed E-state index contributed by atoms with van der Waals surface area (Å²) in [5, 5.41) is 5.75. The molecule has 0 atom stereocenters. The van der Waals surface area contributed by atoms with Crippen molar-refractivity contribution < 1.29 is 0 Å². The van der Waals surface area contributed by atoms with Gasteiger partial charge in [-0.1, -0.05) is 48.0 Å². The summed E-state index contributed by atoms with van der Waals surface area (Å²) in [6, 6.07) is 19.3. The van der Waals surface area contributed by atoms with E-state index in [-0.39, 0.29) is 0 Å². The van der Waals surface area contributed by atoms with Gasteiger partial charge in [0.25, 0.3) is 0 Å². The summed E-state index contributed by atoms with van der Waals surface area (Å²) < 4.78 is 0. The van der Waals surface area contributed by atoms with Crippen molar-refractivity contribution in [3.63, 3.8) is 0 Å². The molecule has 2 heterocycles. The largest absolute Gasteiger partial charge is 0.264 e. The van der Waals surface area contributed by atoms with Crippen molar-refractivity contribution in [3.05, 3.63) is 83.6 Å². The minimum absolute atomic E-state index is 0.416. The highest BCUT2D eigenvalue weighted by atomic mass is 35.5. The second kappa shape index (κ2) is 7.29. The first kappa shape index (κ1) is 16.2. The standard InChI is InChI=1S/C20H14ClN5/c21-16-8-9-18-17(11-16)19(15-6-2-1-3-7-15)25-20(24-18)26-23-13-14-5-4-10-22-12-14/h1-13H,(H,24,25,26)/b23-13-. The number of benzene rings is 2. The summed E-state index contributed by atoms with van der Waals surface area (Å²) in [6.45, 7) is 0. The number of rotatable bonds is 4. The molecule has 0 aliphatic rings. The highest BCUT2D eigenvalue weighted by Gasteiger charge is 2.10. The van der Waals surface area contributed by atoms with Crippen LogP contribution in [0, 0.1) is 0 Å². The maximum atomic E-state index is 6.17.